The number of aryl methyl sites for hydroxylation is 2. The highest BCUT2D eigenvalue weighted by atomic mass is 35.5. The van der Waals surface area contributed by atoms with Crippen molar-refractivity contribution in [2.45, 2.75) is 25.8 Å². The van der Waals surface area contributed by atoms with Crippen LogP contribution in [0, 0.1) is 5.82 Å². The Morgan fingerprint density at radius 1 is 1.40 bits per heavy atom. The van der Waals surface area contributed by atoms with Crippen molar-refractivity contribution < 1.29 is 4.39 Å². The maximum absolute atomic E-state index is 13.5. The van der Waals surface area contributed by atoms with Crippen LogP contribution in [0.4, 0.5) is 4.39 Å². The molecule has 1 atom stereocenters. The minimum Gasteiger partial charge on any atom is -0.311 e. The summed E-state index contributed by atoms with van der Waals surface area (Å²) in [6.45, 7) is 2.08. The molecule has 108 valence electrons. The van der Waals surface area contributed by atoms with Crippen LogP contribution in [0.1, 0.15) is 29.9 Å². The van der Waals surface area contributed by atoms with E-state index in [1.54, 1.807) is 6.07 Å². The summed E-state index contributed by atoms with van der Waals surface area (Å²) in [5.74, 6) is -0.377. The average molecular weight is 296 g/mol. The first-order valence-corrected chi connectivity index (χ1v) is 7.07. The molecule has 1 heterocycles. The van der Waals surface area contributed by atoms with Crippen molar-refractivity contribution in [3.05, 3.63) is 52.1 Å². The molecule has 1 aromatic heterocycles. The fourth-order valence-corrected chi connectivity index (χ4v) is 2.42. The Morgan fingerprint density at radius 2 is 2.15 bits per heavy atom. The van der Waals surface area contributed by atoms with Crippen LogP contribution in [-0.4, -0.2) is 16.8 Å². The van der Waals surface area contributed by atoms with Gasteiger partial charge in [-0.2, -0.15) is 5.10 Å². The van der Waals surface area contributed by atoms with Crippen molar-refractivity contribution in [1.82, 2.24) is 15.1 Å². The van der Waals surface area contributed by atoms with Crippen molar-refractivity contribution >= 4 is 11.6 Å². The van der Waals surface area contributed by atoms with E-state index >= 15 is 0 Å². The lowest BCUT2D eigenvalue weighted by atomic mass is 10.0. The maximum atomic E-state index is 13.5. The predicted octanol–water partition coefficient (Wildman–Crippen LogP) is 3.28. The molecule has 2 rings (SSSR count). The number of hydrogen-bond acceptors (Lipinski definition) is 2. The number of benzene rings is 1. The SMILES string of the molecule is CCc1cc(C(Cc2ccc(Cl)c(F)c2)NC)n(C)n1. The molecule has 1 N–H and O–H groups in total. The van der Waals surface area contributed by atoms with E-state index in [-0.39, 0.29) is 16.9 Å². The summed E-state index contributed by atoms with van der Waals surface area (Å²) < 4.78 is 15.4. The van der Waals surface area contributed by atoms with Gasteiger partial charge in [-0.15, -0.1) is 0 Å². The van der Waals surface area contributed by atoms with Crippen LogP contribution in [-0.2, 0) is 19.9 Å². The van der Waals surface area contributed by atoms with Gasteiger partial charge in [0.25, 0.3) is 0 Å². The third-order valence-corrected chi connectivity index (χ3v) is 3.76. The minimum atomic E-state index is -0.377. The first-order chi connectivity index (χ1) is 9.55. The van der Waals surface area contributed by atoms with Gasteiger partial charge in [-0.05, 0) is 43.7 Å². The minimum absolute atomic E-state index is 0.0911. The molecule has 1 aromatic carbocycles. The van der Waals surface area contributed by atoms with Gasteiger partial charge >= 0.3 is 0 Å². The van der Waals surface area contributed by atoms with Crippen LogP contribution in [0.5, 0.6) is 0 Å². The van der Waals surface area contributed by atoms with Gasteiger partial charge in [0.15, 0.2) is 0 Å². The summed E-state index contributed by atoms with van der Waals surface area (Å²) in [7, 11) is 3.83. The lowest BCUT2D eigenvalue weighted by Gasteiger charge is -2.16. The van der Waals surface area contributed by atoms with Crippen LogP contribution in [0.2, 0.25) is 5.02 Å². The van der Waals surface area contributed by atoms with Gasteiger partial charge in [-0.1, -0.05) is 24.6 Å². The molecule has 5 heteroatoms. The molecule has 0 aliphatic heterocycles. The summed E-state index contributed by atoms with van der Waals surface area (Å²) in [4.78, 5) is 0. The van der Waals surface area contributed by atoms with Crippen LogP contribution in [0.3, 0.4) is 0 Å². The third-order valence-electron chi connectivity index (χ3n) is 3.46. The van der Waals surface area contributed by atoms with Gasteiger partial charge < -0.3 is 5.32 Å². The second-order valence-corrected chi connectivity index (χ2v) is 5.24. The quantitative estimate of drug-likeness (QED) is 0.917. The number of nitrogens with one attached hydrogen (secondary N) is 1. The number of nitrogens with zero attached hydrogens (tertiary/aromatic N) is 2. The summed E-state index contributed by atoms with van der Waals surface area (Å²) in [6.07, 6.45) is 1.59. The normalized spacial score (nSPS) is 12.7. The largest absolute Gasteiger partial charge is 0.311 e. The Bertz CT molecular complexity index is 595. The molecule has 20 heavy (non-hydrogen) atoms. The summed E-state index contributed by atoms with van der Waals surface area (Å²) in [5, 5.41) is 7.87. The second kappa shape index (κ2) is 6.37. The van der Waals surface area contributed by atoms with Gasteiger partial charge in [0.1, 0.15) is 5.82 Å². The molecule has 0 saturated heterocycles. The van der Waals surface area contributed by atoms with E-state index in [2.05, 4.69) is 23.4 Å². The summed E-state index contributed by atoms with van der Waals surface area (Å²) in [5.41, 5.74) is 3.07. The van der Waals surface area contributed by atoms with Crippen LogP contribution < -0.4 is 5.32 Å². The molecule has 0 radical (unpaired) electrons. The first-order valence-electron chi connectivity index (χ1n) is 6.69. The Balaban J connectivity index is 2.23. The van der Waals surface area contributed by atoms with E-state index in [1.807, 2.05) is 24.8 Å². The lowest BCUT2D eigenvalue weighted by molar-refractivity contribution is 0.534. The fraction of sp³-hybridized carbons (Fsp3) is 0.400. The topological polar surface area (TPSA) is 29.9 Å². The zero-order valence-electron chi connectivity index (χ0n) is 12.0. The molecule has 0 aliphatic rings. The zero-order valence-corrected chi connectivity index (χ0v) is 12.7. The molecule has 0 spiro atoms. The van der Waals surface area contributed by atoms with Crippen LogP contribution >= 0.6 is 11.6 Å². The molecule has 1 unspecified atom stereocenters. The van der Waals surface area contributed by atoms with Crippen molar-refractivity contribution in [2.75, 3.05) is 7.05 Å². The van der Waals surface area contributed by atoms with Crippen molar-refractivity contribution in [3.8, 4) is 0 Å². The molecular formula is C15H19ClFN3. The molecule has 0 saturated carbocycles. The van der Waals surface area contributed by atoms with E-state index in [4.69, 9.17) is 11.6 Å². The van der Waals surface area contributed by atoms with E-state index in [0.717, 1.165) is 23.4 Å². The highest BCUT2D eigenvalue weighted by molar-refractivity contribution is 6.30. The standard InChI is InChI=1S/C15H19ClFN3/c1-4-11-9-15(20(3)19-11)14(18-2)8-10-5-6-12(16)13(17)7-10/h5-7,9,14,18H,4,8H2,1-3H3. The van der Waals surface area contributed by atoms with Gasteiger partial charge in [0.05, 0.1) is 22.5 Å². The highest BCUT2D eigenvalue weighted by Crippen LogP contribution is 2.22. The van der Waals surface area contributed by atoms with E-state index in [9.17, 15) is 4.39 Å². The van der Waals surface area contributed by atoms with Crippen molar-refractivity contribution in [3.63, 3.8) is 0 Å². The summed E-state index contributed by atoms with van der Waals surface area (Å²) >= 11 is 5.71. The number of hydrogen-bond donors (Lipinski definition) is 1. The lowest BCUT2D eigenvalue weighted by Crippen LogP contribution is -2.21. The molecule has 0 fully saturated rings. The second-order valence-electron chi connectivity index (χ2n) is 4.83. The van der Waals surface area contributed by atoms with E-state index in [0.29, 0.717) is 6.42 Å². The maximum Gasteiger partial charge on any atom is 0.142 e. The van der Waals surface area contributed by atoms with Crippen LogP contribution in [0.25, 0.3) is 0 Å². The average Bonchev–Trinajstić information content (AvgIpc) is 2.81. The van der Waals surface area contributed by atoms with Gasteiger partial charge in [-0.3, -0.25) is 4.68 Å². The van der Waals surface area contributed by atoms with E-state index < -0.39 is 0 Å². The summed E-state index contributed by atoms with van der Waals surface area (Å²) in [6, 6.07) is 7.12. The number of rotatable bonds is 5. The fourth-order valence-electron chi connectivity index (χ4n) is 2.30. The Kier molecular flexibility index (Phi) is 4.78. The molecular weight excluding hydrogens is 277 g/mol. The number of aromatic nitrogens is 2. The molecule has 0 aliphatic carbocycles. The van der Waals surface area contributed by atoms with Crippen molar-refractivity contribution in [2.24, 2.45) is 7.05 Å². The van der Waals surface area contributed by atoms with Crippen molar-refractivity contribution in [1.29, 1.82) is 0 Å². The molecule has 0 amide bonds. The molecule has 0 bridgehead atoms. The zero-order chi connectivity index (χ0) is 14.7. The smallest absolute Gasteiger partial charge is 0.142 e. The molecule has 3 nitrogen and oxygen atoms in total. The highest BCUT2D eigenvalue weighted by Gasteiger charge is 2.16. The van der Waals surface area contributed by atoms with Gasteiger partial charge in [0, 0.05) is 7.05 Å². The molecule has 2 aromatic rings. The Hall–Kier alpha value is -1.39. The van der Waals surface area contributed by atoms with Gasteiger partial charge in [0.2, 0.25) is 0 Å². The number of halogens is 2. The Morgan fingerprint density at radius 3 is 2.70 bits per heavy atom. The first kappa shape index (κ1) is 15.0. The van der Waals surface area contributed by atoms with Crippen LogP contribution in [0.15, 0.2) is 24.3 Å². The third kappa shape index (κ3) is 3.19. The Labute approximate surface area is 123 Å². The number of likely N-dealkylation sites (N-methyl/N-ethyl adjacent to an activating group) is 1. The van der Waals surface area contributed by atoms with Gasteiger partial charge in [-0.25, -0.2) is 4.39 Å². The van der Waals surface area contributed by atoms with E-state index in [1.165, 1.54) is 6.07 Å². The monoisotopic (exact) mass is 295 g/mol. The predicted molar refractivity (Wildman–Crippen MR) is 79.5 cm³/mol.